The molecular weight excluding hydrogens is 290 g/mol. The minimum absolute atomic E-state index is 0.249. The number of carboxylic acid groups (broad SMARTS) is 1. The second-order valence-corrected chi connectivity index (χ2v) is 5.65. The van der Waals surface area contributed by atoms with Gasteiger partial charge < -0.3 is 14.2 Å². The number of benzene rings is 2. The first-order chi connectivity index (χ1) is 11.1. The molecule has 0 aliphatic carbocycles. The SMILES string of the molecule is Cn1c(-c2nc3cc(C(=O)O)ccc3n2C)cc2ccccc21. The van der Waals surface area contributed by atoms with Crippen LogP contribution in [-0.2, 0) is 14.1 Å². The topological polar surface area (TPSA) is 60.1 Å². The van der Waals surface area contributed by atoms with E-state index in [9.17, 15) is 4.79 Å². The molecule has 0 bridgehead atoms. The summed E-state index contributed by atoms with van der Waals surface area (Å²) in [5.74, 6) is -0.120. The van der Waals surface area contributed by atoms with E-state index in [1.807, 2.05) is 30.8 Å². The second kappa shape index (κ2) is 4.71. The van der Waals surface area contributed by atoms with Gasteiger partial charge in [0, 0.05) is 25.0 Å². The molecule has 0 fully saturated rings. The van der Waals surface area contributed by atoms with Gasteiger partial charge in [0.1, 0.15) is 0 Å². The van der Waals surface area contributed by atoms with Crippen molar-refractivity contribution in [2.24, 2.45) is 14.1 Å². The molecule has 0 aliphatic heterocycles. The predicted octanol–water partition coefficient (Wildman–Crippen LogP) is 3.43. The Morgan fingerprint density at radius 1 is 1.00 bits per heavy atom. The van der Waals surface area contributed by atoms with Crippen LogP contribution in [0.4, 0.5) is 0 Å². The number of hydrogen-bond donors (Lipinski definition) is 1. The van der Waals surface area contributed by atoms with Crippen molar-refractivity contribution in [3.8, 4) is 11.5 Å². The summed E-state index contributed by atoms with van der Waals surface area (Å²) in [7, 11) is 3.96. The maximum absolute atomic E-state index is 11.1. The van der Waals surface area contributed by atoms with Crippen LogP contribution in [0.1, 0.15) is 10.4 Å². The molecule has 1 N–H and O–H groups in total. The van der Waals surface area contributed by atoms with Crippen molar-refractivity contribution in [3.05, 3.63) is 54.1 Å². The minimum atomic E-state index is -0.941. The monoisotopic (exact) mass is 305 g/mol. The number of para-hydroxylation sites is 1. The molecule has 0 saturated heterocycles. The standard InChI is InChI=1S/C18H15N3O2/c1-20-14-6-4-3-5-11(14)10-16(20)17-19-13-9-12(18(22)23)7-8-15(13)21(17)2/h3-10H,1-2H3,(H,22,23). The Hall–Kier alpha value is -3.08. The number of carboxylic acids is 1. The van der Waals surface area contributed by atoms with Gasteiger partial charge in [-0.05, 0) is 30.3 Å². The zero-order valence-corrected chi connectivity index (χ0v) is 12.8. The molecule has 2 aromatic heterocycles. The van der Waals surface area contributed by atoms with Crippen LogP contribution in [0.5, 0.6) is 0 Å². The average molecular weight is 305 g/mol. The third kappa shape index (κ3) is 1.93. The van der Waals surface area contributed by atoms with Crippen LogP contribution in [0.3, 0.4) is 0 Å². The van der Waals surface area contributed by atoms with E-state index in [2.05, 4.69) is 27.8 Å². The first-order valence-corrected chi connectivity index (χ1v) is 7.31. The minimum Gasteiger partial charge on any atom is -0.478 e. The normalized spacial score (nSPS) is 11.4. The lowest BCUT2D eigenvalue weighted by atomic mass is 10.2. The maximum atomic E-state index is 11.1. The first-order valence-electron chi connectivity index (χ1n) is 7.31. The van der Waals surface area contributed by atoms with Crippen molar-refractivity contribution in [1.82, 2.24) is 14.1 Å². The van der Waals surface area contributed by atoms with E-state index >= 15 is 0 Å². The Labute approximate surface area is 132 Å². The third-order valence-electron chi connectivity index (χ3n) is 4.31. The van der Waals surface area contributed by atoms with Crippen molar-refractivity contribution >= 4 is 27.9 Å². The molecule has 0 radical (unpaired) electrons. The summed E-state index contributed by atoms with van der Waals surface area (Å²) in [6, 6.07) is 15.3. The van der Waals surface area contributed by atoms with E-state index in [1.54, 1.807) is 18.2 Å². The Morgan fingerprint density at radius 3 is 2.52 bits per heavy atom. The highest BCUT2D eigenvalue weighted by Gasteiger charge is 2.16. The molecular formula is C18H15N3O2. The number of nitrogens with zero attached hydrogens (tertiary/aromatic N) is 3. The number of imidazole rings is 1. The van der Waals surface area contributed by atoms with E-state index < -0.39 is 5.97 Å². The second-order valence-electron chi connectivity index (χ2n) is 5.65. The summed E-state index contributed by atoms with van der Waals surface area (Å²) >= 11 is 0. The highest BCUT2D eigenvalue weighted by atomic mass is 16.4. The zero-order valence-electron chi connectivity index (χ0n) is 12.8. The molecule has 0 atom stereocenters. The Kier molecular flexibility index (Phi) is 2.78. The van der Waals surface area contributed by atoms with Crippen molar-refractivity contribution in [2.75, 3.05) is 0 Å². The molecule has 114 valence electrons. The van der Waals surface area contributed by atoms with Gasteiger partial charge in [0.15, 0.2) is 5.82 Å². The van der Waals surface area contributed by atoms with Crippen LogP contribution in [0.25, 0.3) is 33.5 Å². The molecule has 0 spiro atoms. The lowest BCUT2D eigenvalue weighted by Gasteiger charge is -2.04. The molecule has 2 heterocycles. The fraction of sp³-hybridized carbons (Fsp3) is 0.111. The molecule has 2 aromatic carbocycles. The smallest absolute Gasteiger partial charge is 0.335 e. The number of aromatic nitrogens is 3. The third-order valence-corrected chi connectivity index (χ3v) is 4.31. The van der Waals surface area contributed by atoms with Crippen LogP contribution in [0.2, 0.25) is 0 Å². The fourth-order valence-corrected chi connectivity index (χ4v) is 3.07. The number of aromatic carboxylic acids is 1. The first kappa shape index (κ1) is 13.6. The number of rotatable bonds is 2. The summed E-state index contributed by atoms with van der Waals surface area (Å²) < 4.78 is 4.10. The number of aryl methyl sites for hydroxylation is 2. The molecule has 0 aliphatic rings. The molecule has 4 rings (SSSR count). The van der Waals surface area contributed by atoms with Gasteiger partial charge in [-0.25, -0.2) is 9.78 Å². The Bertz CT molecular complexity index is 1070. The Balaban J connectivity index is 1.99. The van der Waals surface area contributed by atoms with Crippen LogP contribution < -0.4 is 0 Å². The predicted molar refractivity (Wildman–Crippen MR) is 89.6 cm³/mol. The van der Waals surface area contributed by atoms with Gasteiger partial charge in [-0.15, -0.1) is 0 Å². The van der Waals surface area contributed by atoms with Gasteiger partial charge in [0.05, 0.1) is 22.3 Å². The molecule has 23 heavy (non-hydrogen) atoms. The van der Waals surface area contributed by atoms with E-state index in [4.69, 9.17) is 5.11 Å². The molecule has 0 saturated carbocycles. The highest BCUT2D eigenvalue weighted by molar-refractivity contribution is 5.94. The molecule has 5 heteroatoms. The van der Waals surface area contributed by atoms with E-state index in [0.29, 0.717) is 5.52 Å². The summed E-state index contributed by atoms with van der Waals surface area (Å²) in [6.07, 6.45) is 0. The molecule has 0 unspecified atom stereocenters. The van der Waals surface area contributed by atoms with Crippen LogP contribution in [-0.4, -0.2) is 25.2 Å². The zero-order chi connectivity index (χ0) is 16.1. The summed E-state index contributed by atoms with van der Waals surface area (Å²) in [5, 5.41) is 10.3. The lowest BCUT2D eigenvalue weighted by molar-refractivity contribution is 0.0697. The van der Waals surface area contributed by atoms with Crippen LogP contribution >= 0.6 is 0 Å². The molecule has 5 nitrogen and oxygen atoms in total. The van der Waals surface area contributed by atoms with Gasteiger partial charge in [0.25, 0.3) is 0 Å². The van der Waals surface area contributed by atoms with Crippen molar-refractivity contribution in [1.29, 1.82) is 0 Å². The summed E-state index contributed by atoms with van der Waals surface area (Å²) in [6.45, 7) is 0. The van der Waals surface area contributed by atoms with Crippen LogP contribution in [0, 0.1) is 0 Å². The van der Waals surface area contributed by atoms with E-state index in [1.165, 1.54) is 0 Å². The van der Waals surface area contributed by atoms with Crippen molar-refractivity contribution in [2.45, 2.75) is 0 Å². The van der Waals surface area contributed by atoms with Gasteiger partial charge in [-0.2, -0.15) is 0 Å². The number of fused-ring (bicyclic) bond motifs is 2. The van der Waals surface area contributed by atoms with Gasteiger partial charge in [-0.3, -0.25) is 0 Å². The van der Waals surface area contributed by atoms with Crippen LogP contribution in [0.15, 0.2) is 48.5 Å². The molecule has 0 amide bonds. The fourth-order valence-electron chi connectivity index (χ4n) is 3.07. The summed E-state index contributed by atoms with van der Waals surface area (Å²) in [4.78, 5) is 15.8. The van der Waals surface area contributed by atoms with E-state index in [-0.39, 0.29) is 5.56 Å². The van der Waals surface area contributed by atoms with Gasteiger partial charge in [0.2, 0.25) is 0 Å². The number of hydrogen-bond acceptors (Lipinski definition) is 2. The maximum Gasteiger partial charge on any atom is 0.335 e. The Morgan fingerprint density at radius 2 is 1.78 bits per heavy atom. The number of carbonyl (C=O) groups is 1. The summed E-state index contributed by atoms with van der Waals surface area (Å²) in [5.41, 5.74) is 3.99. The van der Waals surface area contributed by atoms with Gasteiger partial charge in [-0.1, -0.05) is 18.2 Å². The largest absolute Gasteiger partial charge is 0.478 e. The molecule has 4 aromatic rings. The van der Waals surface area contributed by atoms with Gasteiger partial charge >= 0.3 is 5.97 Å². The lowest BCUT2D eigenvalue weighted by Crippen LogP contribution is -1.98. The van der Waals surface area contributed by atoms with E-state index in [0.717, 1.165) is 27.9 Å². The van der Waals surface area contributed by atoms with Crippen molar-refractivity contribution < 1.29 is 9.90 Å². The highest BCUT2D eigenvalue weighted by Crippen LogP contribution is 2.29. The quantitative estimate of drug-likeness (QED) is 0.617. The van der Waals surface area contributed by atoms with Crippen molar-refractivity contribution in [3.63, 3.8) is 0 Å². The average Bonchev–Trinajstić information content (AvgIpc) is 3.05.